The van der Waals surface area contributed by atoms with Crippen LogP contribution < -0.4 is 10.6 Å². The number of alkyl halides is 3. The van der Waals surface area contributed by atoms with Gasteiger partial charge in [-0.15, -0.1) is 0 Å². The van der Waals surface area contributed by atoms with Crippen LogP contribution in [0.1, 0.15) is 43.2 Å². The number of fused-ring (bicyclic) bond motifs is 1. The van der Waals surface area contributed by atoms with Gasteiger partial charge in [0.1, 0.15) is 5.75 Å². The number of hydrogen-bond acceptors (Lipinski definition) is 4. The fourth-order valence-corrected chi connectivity index (χ4v) is 6.10. The van der Waals surface area contributed by atoms with Crippen molar-refractivity contribution in [3.8, 4) is 5.75 Å². The van der Waals surface area contributed by atoms with E-state index in [4.69, 9.17) is 33.1 Å². The van der Waals surface area contributed by atoms with E-state index in [1.807, 2.05) is 12.1 Å². The Labute approximate surface area is 205 Å². The highest BCUT2D eigenvalue weighted by atomic mass is 35.5. The van der Waals surface area contributed by atoms with Gasteiger partial charge < -0.3 is 20.8 Å². The second-order valence-corrected chi connectivity index (χ2v) is 9.92. The minimum Gasteiger partial charge on any atom is -0.506 e. The lowest BCUT2D eigenvalue weighted by molar-refractivity contribution is -0.192. The summed E-state index contributed by atoms with van der Waals surface area (Å²) in [6.07, 6.45) is 2.33. The van der Waals surface area contributed by atoms with E-state index in [9.17, 15) is 18.3 Å². The lowest BCUT2D eigenvalue weighted by atomic mass is 9.53. The number of halogens is 5. The van der Waals surface area contributed by atoms with Gasteiger partial charge in [-0.1, -0.05) is 36.0 Å². The summed E-state index contributed by atoms with van der Waals surface area (Å²) in [5.74, 6) is -1.73. The maximum Gasteiger partial charge on any atom is 0.490 e. The van der Waals surface area contributed by atoms with Crippen LogP contribution in [-0.4, -0.2) is 34.9 Å². The van der Waals surface area contributed by atoms with Crippen molar-refractivity contribution in [1.29, 1.82) is 0 Å². The number of carbonyl (C=O) groups is 1. The third kappa shape index (κ3) is 4.81. The molecular formula is C24H25Cl2F3N2O3. The summed E-state index contributed by atoms with van der Waals surface area (Å²) in [7, 11) is 0. The lowest BCUT2D eigenvalue weighted by Crippen LogP contribution is -2.59. The Hall–Kier alpha value is -2.16. The van der Waals surface area contributed by atoms with E-state index in [0.717, 1.165) is 24.3 Å². The third-order valence-electron chi connectivity index (χ3n) is 7.20. The topological polar surface area (TPSA) is 81.6 Å². The Morgan fingerprint density at radius 1 is 1.12 bits per heavy atom. The molecule has 0 radical (unpaired) electrons. The van der Waals surface area contributed by atoms with Crippen LogP contribution in [-0.2, 0) is 16.6 Å². The van der Waals surface area contributed by atoms with Crippen LogP contribution in [0.5, 0.6) is 5.75 Å². The highest BCUT2D eigenvalue weighted by molar-refractivity contribution is 6.42. The molecule has 2 aromatic carbocycles. The maximum atomic E-state index is 10.8. The van der Waals surface area contributed by atoms with Crippen molar-refractivity contribution in [3.05, 3.63) is 51.5 Å². The third-order valence-corrected chi connectivity index (χ3v) is 7.94. The Kier molecular flexibility index (Phi) is 6.95. The molecule has 0 unspecified atom stereocenters. The predicted octanol–water partition coefficient (Wildman–Crippen LogP) is 6.42. The van der Waals surface area contributed by atoms with Crippen LogP contribution in [0.15, 0.2) is 30.3 Å². The average Bonchev–Trinajstić information content (AvgIpc) is 2.77. The summed E-state index contributed by atoms with van der Waals surface area (Å²) >= 11 is 12.1. The van der Waals surface area contributed by atoms with Crippen LogP contribution in [0.4, 0.5) is 24.5 Å². The fourth-order valence-electron chi connectivity index (χ4n) is 5.80. The number of piperidine rings is 1. The van der Waals surface area contributed by atoms with Crippen molar-refractivity contribution in [2.75, 3.05) is 11.9 Å². The van der Waals surface area contributed by atoms with E-state index in [0.29, 0.717) is 27.8 Å². The number of phenolic OH excluding ortho intramolecular Hbond substituents is 1. The summed E-state index contributed by atoms with van der Waals surface area (Å²) in [6, 6.07) is 10.2. The molecule has 1 saturated heterocycles. The zero-order valence-corrected chi connectivity index (χ0v) is 19.7. The van der Waals surface area contributed by atoms with Gasteiger partial charge in [-0.2, -0.15) is 13.2 Å². The van der Waals surface area contributed by atoms with E-state index in [2.05, 4.69) is 16.7 Å². The molecule has 1 heterocycles. The Balaban J connectivity index is 0.000000344. The molecule has 1 saturated carbocycles. The van der Waals surface area contributed by atoms with Gasteiger partial charge in [-0.25, -0.2) is 4.79 Å². The van der Waals surface area contributed by atoms with Crippen molar-refractivity contribution < 1.29 is 28.2 Å². The average molecular weight is 517 g/mol. The maximum absolute atomic E-state index is 10.8. The van der Waals surface area contributed by atoms with Crippen LogP contribution in [0.3, 0.4) is 0 Å². The first-order chi connectivity index (χ1) is 16.0. The molecule has 2 fully saturated rings. The normalized spacial score (nSPS) is 25.3. The van der Waals surface area contributed by atoms with Gasteiger partial charge in [0.05, 0.1) is 15.7 Å². The Bertz CT molecular complexity index is 1090. The molecule has 2 bridgehead atoms. The molecule has 3 atom stereocenters. The Morgan fingerprint density at radius 3 is 2.53 bits per heavy atom. The number of aliphatic carboxylic acids is 1. The molecule has 34 heavy (non-hydrogen) atoms. The van der Waals surface area contributed by atoms with Crippen molar-refractivity contribution in [1.82, 2.24) is 5.32 Å². The molecule has 184 valence electrons. The zero-order chi connectivity index (χ0) is 24.7. The Morgan fingerprint density at radius 2 is 1.85 bits per heavy atom. The quantitative estimate of drug-likeness (QED) is 0.346. The second kappa shape index (κ2) is 9.47. The molecule has 5 rings (SSSR count). The smallest absolute Gasteiger partial charge is 0.490 e. The van der Waals surface area contributed by atoms with Gasteiger partial charge in [0.15, 0.2) is 0 Å². The first-order valence-electron chi connectivity index (χ1n) is 11.1. The van der Waals surface area contributed by atoms with Crippen LogP contribution >= 0.6 is 23.2 Å². The van der Waals surface area contributed by atoms with Gasteiger partial charge in [0.2, 0.25) is 0 Å². The molecular weight excluding hydrogens is 492 g/mol. The standard InChI is InChI=1S/C22H24Cl2N2O.C2HF3O2/c23-17-5-4-14(11-18(17)24)26-20-10-13-9-19-15-3-1-2-6-22(15,7-8-25-19)16(13)12-21(20)27;3-2(4,5)1(6)7/h4-5,10-12,15,19,25-27H,1-3,6-9H2;(H,6,7)/t15-,19+,22+;/m1./s1. The molecule has 2 aromatic rings. The molecule has 10 heteroatoms. The number of phenols is 1. The lowest BCUT2D eigenvalue weighted by Gasteiger charge is -2.56. The predicted molar refractivity (Wildman–Crippen MR) is 125 cm³/mol. The number of hydrogen-bond donors (Lipinski definition) is 4. The summed E-state index contributed by atoms with van der Waals surface area (Å²) in [6.45, 7) is 1.09. The highest BCUT2D eigenvalue weighted by Crippen LogP contribution is 2.55. The summed E-state index contributed by atoms with van der Waals surface area (Å²) in [4.78, 5) is 8.90. The summed E-state index contributed by atoms with van der Waals surface area (Å²) < 4.78 is 31.7. The summed E-state index contributed by atoms with van der Waals surface area (Å²) in [5, 5.41) is 26.0. The van der Waals surface area contributed by atoms with Gasteiger partial charge in [0.25, 0.3) is 0 Å². The number of aromatic hydroxyl groups is 1. The number of anilines is 2. The number of carboxylic acids is 1. The minimum atomic E-state index is -5.08. The van der Waals surface area contributed by atoms with Gasteiger partial charge in [-0.3, -0.25) is 0 Å². The summed E-state index contributed by atoms with van der Waals surface area (Å²) in [5.41, 5.74) is 4.56. The van der Waals surface area contributed by atoms with Crippen molar-refractivity contribution in [2.24, 2.45) is 5.92 Å². The van der Waals surface area contributed by atoms with E-state index < -0.39 is 12.1 Å². The SMILES string of the molecule is O=C(O)C(F)(F)F.Oc1cc2c(cc1Nc1ccc(Cl)c(Cl)c1)C[C@@H]1NCC[C@]23CCCC[C@H]13. The molecule has 0 aromatic heterocycles. The van der Waals surface area contributed by atoms with Gasteiger partial charge in [0, 0.05) is 17.1 Å². The first-order valence-corrected chi connectivity index (χ1v) is 11.9. The van der Waals surface area contributed by atoms with Crippen molar-refractivity contribution in [3.63, 3.8) is 0 Å². The van der Waals surface area contributed by atoms with Crippen molar-refractivity contribution >= 4 is 40.5 Å². The first kappa shape index (κ1) is 24.9. The molecule has 0 spiro atoms. The van der Waals surface area contributed by atoms with Crippen LogP contribution in [0.25, 0.3) is 0 Å². The van der Waals surface area contributed by atoms with Crippen molar-refractivity contribution in [2.45, 2.75) is 56.2 Å². The van der Waals surface area contributed by atoms with E-state index in [1.54, 1.807) is 12.1 Å². The molecule has 1 aliphatic heterocycles. The molecule has 2 aliphatic carbocycles. The van der Waals surface area contributed by atoms with E-state index >= 15 is 0 Å². The zero-order valence-electron chi connectivity index (χ0n) is 18.2. The molecule has 0 amide bonds. The number of benzene rings is 2. The molecule has 3 aliphatic rings. The van der Waals surface area contributed by atoms with Gasteiger partial charge >= 0.3 is 12.1 Å². The largest absolute Gasteiger partial charge is 0.506 e. The number of nitrogens with one attached hydrogen (secondary N) is 2. The van der Waals surface area contributed by atoms with Crippen LogP contribution in [0, 0.1) is 5.92 Å². The van der Waals surface area contributed by atoms with Crippen LogP contribution in [0.2, 0.25) is 10.0 Å². The second-order valence-electron chi connectivity index (χ2n) is 9.11. The minimum absolute atomic E-state index is 0.251. The number of rotatable bonds is 2. The molecule has 4 N–H and O–H groups in total. The van der Waals surface area contributed by atoms with E-state index in [-0.39, 0.29) is 5.41 Å². The number of carboxylic acid groups (broad SMARTS) is 1. The monoisotopic (exact) mass is 516 g/mol. The highest BCUT2D eigenvalue weighted by Gasteiger charge is 2.51. The fraction of sp³-hybridized carbons (Fsp3) is 0.458. The molecule has 5 nitrogen and oxygen atoms in total. The van der Waals surface area contributed by atoms with E-state index in [1.165, 1.54) is 43.2 Å². The van der Waals surface area contributed by atoms with Gasteiger partial charge in [-0.05, 0) is 79.6 Å².